The summed E-state index contributed by atoms with van der Waals surface area (Å²) in [6.07, 6.45) is 0. The molecule has 0 unspecified atom stereocenters. The van der Waals surface area contributed by atoms with Gasteiger partial charge in [0.25, 0.3) is 0 Å². The van der Waals surface area contributed by atoms with E-state index in [1.165, 1.54) is 0 Å². The maximum atomic E-state index is 12.2. The molecular weight excluding hydrogens is 298 g/mol. The predicted octanol–water partition coefficient (Wildman–Crippen LogP) is 4.73. The SMILES string of the molecule is CCOC(=O)c1cc(-c2ccccc2)nc2cc(Cl)ccc12. The monoisotopic (exact) mass is 311 g/mol. The van der Waals surface area contributed by atoms with Crippen LogP contribution in [-0.2, 0) is 4.74 Å². The van der Waals surface area contributed by atoms with Crippen molar-refractivity contribution in [3.63, 3.8) is 0 Å². The summed E-state index contributed by atoms with van der Waals surface area (Å²) in [6, 6.07) is 16.8. The summed E-state index contributed by atoms with van der Waals surface area (Å²) in [5.74, 6) is -0.352. The number of rotatable bonds is 3. The molecule has 1 heterocycles. The molecule has 4 heteroatoms. The molecule has 2 aromatic carbocycles. The average Bonchev–Trinajstić information content (AvgIpc) is 2.54. The third-order valence-electron chi connectivity index (χ3n) is 3.34. The second kappa shape index (κ2) is 6.16. The normalized spacial score (nSPS) is 10.6. The van der Waals surface area contributed by atoms with Crippen molar-refractivity contribution in [3.8, 4) is 11.3 Å². The Kier molecular flexibility index (Phi) is 4.07. The van der Waals surface area contributed by atoms with Gasteiger partial charge in [0.05, 0.1) is 23.4 Å². The maximum absolute atomic E-state index is 12.2. The summed E-state index contributed by atoms with van der Waals surface area (Å²) < 4.78 is 5.16. The van der Waals surface area contributed by atoms with Crippen LogP contribution in [-0.4, -0.2) is 17.6 Å². The molecule has 0 amide bonds. The van der Waals surface area contributed by atoms with Gasteiger partial charge in [-0.1, -0.05) is 48.0 Å². The van der Waals surface area contributed by atoms with Gasteiger partial charge >= 0.3 is 5.97 Å². The average molecular weight is 312 g/mol. The maximum Gasteiger partial charge on any atom is 0.338 e. The highest BCUT2D eigenvalue weighted by molar-refractivity contribution is 6.31. The Morgan fingerprint density at radius 3 is 2.64 bits per heavy atom. The molecule has 0 spiro atoms. The van der Waals surface area contributed by atoms with E-state index in [9.17, 15) is 4.79 Å². The number of pyridine rings is 1. The number of esters is 1. The lowest BCUT2D eigenvalue weighted by atomic mass is 10.0. The van der Waals surface area contributed by atoms with E-state index in [2.05, 4.69) is 4.98 Å². The number of benzene rings is 2. The van der Waals surface area contributed by atoms with Gasteiger partial charge in [0.15, 0.2) is 0 Å². The summed E-state index contributed by atoms with van der Waals surface area (Å²) in [5.41, 5.74) is 2.84. The smallest absolute Gasteiger partial charge is 0.338 e. The standard InChI is InChI=1S/C18H14ClNO2/c1-2-22-18(21)15-11-16(12-6-4-3-5-7-12)20-17-10-13(19)8-9-14(15)17/h3-11H,2H2,1H3. The third kappa shape index (κ3) is 2.81. The Bertz CT molecular complexity index is 831. The predicted molar refractivity (Wildman–Crippen MR) is 88.1 cm³/mol. The Morgan fingerprint density at radius 1 is 1.14 bits per heavy atom. The molecule has 3 rings (SSSR count). The molecule has 0 saturated carbocycles. The van der Waals surface area contributed by atoms with Crippen LogP contribution in [0.4, 0.5) is 0 Å². The molecule has 22 heavy (non-hydrogen) atoms. The lowest BCUT2D eigenvalue weighted by Crippen LogP contribution is -2.06. The zero-order valence-corrected chi connectivity index (χ0v) is 12.8. The fourth-order valence-electron chi connectivity index (χ4n) is 2.34. The van der Waals surface area contributed by atoms with E-state index in [-0.39, 0.29) is 5.97 Å². The number of fused-ring (bicyclic) bond motifs is 1. The molecule has 0 aliphatic carbocycles. The van der Waals surface area contributed by atoms with Gasteiger partial charge in [0, 0.05) is 16.0 Å². The molecule has 110 valence electrons. The van der Waals surface area contributed by atoms with Crippen molar-refractivity contribution in [1.82, 2.24) is 4.98 Å². The van der Waals surface area contributed by atoms with Crippen LogP contribution in [0.3, 0.4) is 0 Å². The third-order valence-corrected chi connectivity index (χ3v) is 3.57. The summed E-state index contributed by atoms with van der Waals surface area (Å²) in [6.45, 7) is 2.12. The van der Waals surface area contributed by atoms with Crippen LogP contribution < -0.4 is 0 Å². The highest BCUT2D eigenvalue weighted by atomic mass is 35.5. The van der Waals surface area contributed by atoms with Gasteiger partial charge in [-0.05, 0) is 25.1 Å². The number of aromatic nitrogens is 1. The van der Waals surface area contributed by atoms with Crippen molar-refractivity contribution >= 4 is 28.5 Å². The first-order valence-corrected chi connectivity index (χ1v) is 7.39. The topological polar surface area (TPSA) is 39.2 Å². The van der Waals surface area contributed by atoms with Gasteiger partial charge in [-0.2, -0.15) is 0 Å². The minimum Gasteiger partial charge on any atom is -0.462 e. The van der Waals surface area contributed by atoms with E-state index in [1.54, 1.807) is 31.2 Å². The Hall–Kier alpha value is -2.39. The van der Waals surface area contributed by atoms with Crippen LogP contribution in [0.15, 0.2) is 54.6 Å². The first-order valence-electron chi connectivity index (χ1n) is 7.02. The number of carbonyl (C=O) groups excluding carboxylic acids is 1. The van der Waals surface area contributed by atoms with Gasteiger partial charge in [0.1, 0.15) is 0 Å². The first kappa shape index (κ1) is 14.5. The molecule has 0 fully saturated rings. The van der Waals surface area contributed by atoms with Gasteiger partial charge in [-0.3, -0.25) is 0 Å². The molecule has 3 nitrogen and oxygen atoms in total. The van der Waals surface area contributed by atoms with Crippen LogP contribution in [0.5, 0.6) is 0 Å². The largest absolute Gasteiger partial charge is 0.462 e. The summed E-state index contributed by atoms with van der Waals surface area (Å²) in [7, 11) is 0. The molecule has 3 aromatic rings. The molecule has 1 aromatic heterocycles. The minimum absolute atomic E-state index is 0.330. The molecule has 0 bridgehead atoms. The lowest BCUT2D eigenvalue weighted by molar-refractivity contribution is 0.0528. The molecule has 0 atom stereocenters. The summed E-state index contributed by atoms with van der Waals surface area (Å²) >= 11 is 6.05. The minimum atomic E-state index is -0.352. The van der Waals surface area contributed by atoms with Crippen LogP contribution in [0, 0.1) is 0 Å². The van der Waals surface area contributed by atoms with Crippen molar-refractivity contribution in [1.29, 1.82) is 0 Å². The number of hydrogen-bond acceptors (Lipinski definition) is 3. The van der Waals surface area contributed by atoms with Crippen LogP contribution in [0.2, 0.25) is 5.02 Å². The number of nitrogens with zero attached hydrogens (tertiary/aromatic N) is 1. The second-order valence-corrected chi connectivity index (χ2v) is 5.24. The number of ether oxygens (including phenoxy) is 1. The van der Waals surface area contributed by atoms with Crippen molar-refractivity contribution in [2.24, 2.45) is 0 Å². The van der Waals surface area contributed by atoms with Crippen molar-refractivity contribution in [2.45, 2.75) is 6.92 Å². The number of halogens is 1. The Labute approximate surface area is 133 Å². The van der Waals surface area contributed by atoms with E-state index in [4.69, 9.17) is 16.3 Å². The molecule has 0 saturated heterocycles. The lowest BCUT2D eigenvalue weighted by Gasteiger charge is -2.09. The van der Waals surface area contributed by atoms with Crippen LogP contribution >= 0.6 is 11.6 Å². The molecular formula is C18H14ClNO2. The van der Waals surface area contributed by atoms with Crippen molar-refractivity contribution in [3.05, 3.63) is 65.2 Å². The molecule has 0 N–H and O–H groups in total. The van der Waals surface area contributed by atoms with Crippen LogP contribution in [0.25, 0.3) is 22.2 Å². The molecule has 0 aliphatic rings. The van der Waals surface area contributed by atoms with Crippen molar-refractivity contribution in [2.75, 3.05) is 6.61 Å². The second-order valence-electron chi connectivity index (χ2n) is 4.80. The van der Waals surface area contributed by atoms with Gasteiger partial charge < -0.3 is 4.74 Å². The zero-order chi connectivity index (χ0) is 15.5. The van der Waals surface area contributed by atoms with Crippen LogP contribution in [0.1, 0.15) is 17.3 Å². The first-order chi connectivity index (χ1) is 10.7. The van der Waals surface area contributed by atoms with E-state index >= 15 is 0 Å². The van der Waals surface area contributed by atoms with Gasteiger partial charge in [0.2, 0.25) is 0 Å². The molecule has 0 aliphatic heterocycles. The molecule has 0 radical (unpaired) electrons. The zero-order valence-electron chi connectivity index (χ0n) is 12.0. The summed E-state index contributed by atoms with van der Waals surface area (Å²) in [5, 5.41) is 1.32. The fourth-order valence-corrected chi connectivity index (χ4v) is 2.50. The number of carbonyl (C=O) groups is 1. The quantitative estimate of drug-likeness (QED) is 0.656. The van der Waals surface area contributed by atoms with E-state index in [1.807, 2.05) is 30.3 Å². The fraction of sp³-hybridized carbons (Fsp3) is 0.111. The Balaban J connectivity index is 2.25. The van der Waals surface area contributed by atoms with E-state index < -0.39 is 0 Å². The van der Waals surface area contributed by atoms with E-state index in [0.717, 1.165) is 16.6 Å². The van der Waals surface area contributed by atoms with Gasteiger partial charge in [-0.15, -0.1) is 0 Å². The number of hydrogen-bond donors (Lipinski definition) is 0. The van der Waals surface area contributed by atoms with E-state index in [0.29, 0.717) is 22.7 Å². The highest BCUT2D eigenvalue weighted by Gasteiger charge is 2.15. The Morgan fingerprint density at radius 2 is 1.91 bits per heavy atom. The summed E-state index contributed by atoms with van der Waals surface area (Å²) in [4.78, 5) is 16.9. The highest BCUT2D eigenvalue weighted by Crippen LogP contribution is 2.27. The van der Waals surface area contributed by atoms with Crippen molar-refractivity contribution < 1.29 is 9.53 Å². The van der Waals surface area contributed by atoms with Gasteiger partial charge in [-0.25, -0.2) is 9.78 Å².